The quantitative estimate of drug-likeness (QED) is 0.566. The molecule has 0 spiro atoms. The van der Waals surface area contributed by atoms with Crippen molar-refractivity contribution >= 4 is 23.3 Å². The van der Waals surface area contributed by atoms with E-state index in [9.17, 15) is 14.4 Å². The number of rotatable bonds is 7. The zero-order valence-corrected chi connectivity index (χ0v) is 17.5. The molecule has 0 saturated heterocycles. The summed E-state index contributed by atoms with van der Waals surface area (Å²) in [5, 5.41) is 2.70. The average molecular weight is 397 g/mol. The zero-order chi connectivity index (χ0) is 21.6. The number of Topliss-reactive ketones (excluding diaryl/α,β-unsaturated/α-hetero) is 1. The summed E-state index contributed by atoms with van der Waals surface area (Å²) < 4.78 is 10.3. The van der Waals surface area contributed by atoms with Crippen LogP contribution in [0.15, 0.2) is 42.5 Å². The van der Waals surface area contributed by atoms with Gasteiger partial charge in [-0.1, -0.05) is 32.9 Å². The monoisotopic (exact) mass is 397 g/mol. The Morgan fingerprint density at radius 1 is 1.00 bits per heavy atom. The highest BCUT2D eigenvalue weighted by atomic mass is 16.5. The fourth-order valence-corrected chi connectivity index (χ4v) is 2.74. The summed E-state index contributed by atoms with van der Waals surface area (Å²) in [7, 11) is 1.48. The number of amides is 1. The lowest BCUT2D eigenvalue weighted by Crippen LogP contribution is -2.22. The molecular formula is C23H27NO5. The second-order valence-corrected chi connectivity index (χ2v) is 7.80. The molecule has 0 aromatic heterocycles. The topological polar surface area (TPSA) is 81.7 Å². The Morgan fingerprint density at radius 2 is 1.66 bits per heavy atom. The van der Waals surface area contributed by atoms with Gasteiger partial charge in [0.05, 0.1) is 13.5 Å². The van der Waals surface area contributed by atoms with Crippen LogP contribution < -0.4 is 10.1 Å². The van der Waals surface area contributed by atoms with Gasteiger partial charge >= 0.3 is 5.97 Å². The number of esters is 1. The van der Waals surface area contributed by atoms with Crippen LogP contribution in [0.1, 0.15) is 49.2 Å². The van der Waals surface area contributed by atoms with Gasteiger partial charge in [-0.15, -0.1) is 0 Å². The second-order valence-electron chi connectivity index (χ2n) is 7.80. The van der Waals surface area contributed by atoms with Gasteiger partial charge in [-0.05, 0) is 48.2 Å². The van der Waals surface area contributed by atoms with Crippen LogP contribution in [-0.2, 0) is 26.2 Å². The van der Waals surface area contributed by atoms with Crippen LogP contribution in [-0.4, -0.2) is 31.4 Å². The molecular weight excluding hydrogens is 370 g/mol. The Bertz CT molecular complexity index is 894. The largest absolute Gasteiger partial charge is 0.496 e. The molecule has 0 heterocycles. The van der Waals surface area contributed by atoms with Gasteiger partial charge in [-0.2, -0.15) is 0 Å². The third-order valence-corrected chi connectivity index (χ3v) is 4.42. The van der Waals surface area contributed by atoms with Crippen molar-refractivity contribution in [3.63, 3.8) is 0 Å². The minimum atomic E-state index is -0.581. The Morgan fingerprint density at radius 3 is 2.21 bits per heavy atom. The minimum Gasteiger partial charge on any atom is -0.496 e. The van der Waals surface area contributed by atoms with E-state index in [0.29, 0.717) is 22.6 Å². The van der Waals surface area contributed by atoms with Crippen molar-refractivity contribution in [2.24, 2.45) is 0 Å². The van der Waals surface area contributed by atoms with Gasteiger partial charge in [0.1, 0.15) is 5.75 Å². The molecule has 6 heteroatoms. The zero-order valence-electron chi connectivity index (χ0n) is 17.5. The normalized spacial score (nSPS) is 10.9. The number of ether oxygens (including phenoxy) is 2. The van der Waals surface area contributed by atoms with E-state index in [1.165, 1.54) is 14.0 Å². The summed E-state index contributed by atoms with van der Waals surface area (Å²) in [6.45, 7) is 7.39. The van der Waals surface area contributed by atoms with Gasteiger partial charge in [0.2, 0.25) is 0 Å². The minimum absolute atomic E-state index is 0.0266. The number of carbonyl (C=O) groups excluding carboxylic acids is 3. The number of methoxy groups -OCH3 is 1. The number of carbonyl (C=O) groups is 3. The van der Waals surface area contributed by atoms with Crippen molar-refractivity contribution < 1.29 is 23.9 Å². The molecule has 0 saturated carbocycles. The van der Waals surface area contributed by atoms with Crippen LogP contribution in [0.2, 0.25) is 0 Å². The van der Waals surface area contributed by atoms with E-state index in [1.54, 1.807) is 18.2 Å². The van der Waals surface area contributed by atoms with Gasteiger partial charge < -0.3 is 14.8 Å². The standard InChI is InChI=1S/C23H27NO5/c1-15(25)16-6-11-20(28-5)17(12-16)13-22(27)29-14-21(26)24-19-9-7-18(8-10-19)23(2,3)4/h6-12H,13-14H2,1-5H3,(H,24,26). The molecule has 2 aromatic rings. The van der Waals surface area contributed by atoms with E-state index in [0.717, 1.165) is 5.56 Å². The lowest BCUT2D eigenvalue weighted by molar-refractivity contribution is -0.146. The molecule has 29 heavy (non-hydrogen) atoms. The predicted octanol–water partition coefficient (Wildman–Crippen LogP) is 3.92. The Labute approximate surface area is 171 Å². The maximum atomic E-state index is 12.1. The van der Waals surface area contributed by atoms with Gasteiger partial charge in [0.25, 0.3) is 5.91 Å². The van der Waals surface area contributed by atoms with E-state index in [-0.39, 0.29) is 17.6 Å². The summed E-state index contributed by atoms with van der Waals surface area (Å²) in [6, 6.07) is 12.4. The molecule has 6 nitrogen and oxygen atoms in total. The van der Waals surface area contributed by atoms with Gasteiger partial charge in [-0.3, -0.25) is 14.4 Å². The van der Waals surface area contributed by atoms with Gasteiger partial charge in [0, 0.05) is 16.8 Å². The van der Waals surface area contributed by atoms with Gasteiger partial charge in [0.15, 0.2) is 12.4 Å². The molecule has 1 N–H and O–H groups in total. The molecule has 0 aliphatic carbocycles. The number of benzene rings is 2. The molecule has 0 radical (unpaired) electrons. The highest BCUT2D eigenvalue weighted by Gasteiger charge is 2.15. The molecule has 0 unspecified atom stereocenters. The Hall–Kier alpha value is -3.15. The first-order valence-corrected chi connectivity index (χ1v) is 9.34. The van der Waals surface area contributed by atoms with Crippen LogP contribution >= 0.6 is 0 Å². The molecule has 0 atom stereocenters. The number of hydrogen-bond acceptors (Lipinski definition) is 5. The number of ketones is 1. The van der Waals surface area contributed by atoms with Crippen molar-refractivity contribution in [2.75, 3.05) is 19.0 Å². The Balaban J connectivity index is 1.91. The van der Waals surface area contributed by atoms with Crippen molar-refractivity contribution in [1.29, 1.82) is 0 Å². The van der Waals surface area contributed by atoms with Crippen LogP contribution in [0.5, 0.6) is 5.75 Å². The average Bonchev–Trinajstić information content (AvgIpc) is 2.66. The molecule has 0 fully saturated rings. The number of anilines is 1. The van der Waals surface area contributed by atoms with E-state index in [2.05, 4.69) is 26.1 Å². The number of nitrogens with one attached hydrogen (secondary N) is 1. The van der Waals surface area contributed by atoms with Crippen LogP contribution in [0.4, 0.5) is 5.69 Å². The van der Waals surface area contributed by atoms with Gasteiger partial charge in [-0.25, -0.2) is 0 Å². The Kier molecular flexibility index (Phi) is 7.15. The van der Waals surface area contributed by atoms with Crippen LogP contribution in [0, 0.1) is 0 Å². The van der Waals surface area contributed by atoms with Crippen LogP contribution in [0.25, 0.3) is 0 Å². The maximum Gasteiger partial charge on any atom is 0.310 e. The number of hydrogen-bond donors (Lipinski definition) is 1. The highest BCUT2D eigenvalue weighted by molar-refractivity contribution is 5.95. The van der Waals surface area contributed by atoms with E-state index in [1.807, 2.05) is 24.3 Å². The third kappa shape index (κ3) is 6.45. The van der Waals surface area contributed by atoms with E-state index >= 15 is 0 Å². The fourth-order valence-electron chi connectivity index (χ4n) is 2.74. The van der Waals surface area contributed by atoms with E-state index < -0.39 is 18.5 Å². The molecule has 0 aliphatic rings. The van der Waals surface area contributed by atoms with Crippen molar-refractivity contribution in [1.82, 2.24) is 0 Å². The lowest BCUT2D eigenvalue weighted by Gasteiger charge is -2.19. The predicted molar refractivity (Wildman–Crippen MR) is 111 cm³/mol. The molecule has 0 bridgehead atoms. The highest BCUT2D eigenvalue weighted by Crippen LogP contribution is 2.23. The first-order chi connectivity index (χ1) is 13.6. The van der Waals surface area contributed by atoms with E-state index in [4.69, 9.17) is 9.47 Å². The lowest BCUT2D eigenvalue weighted by atomic mass is 9.87. The summed E-state index contributed by atoms with van der Waals surface area (Å²) in [5.74, 6) is -0.636. The van der Waals surface area contributed by atoms with Crippen molar-refractivity contribution in [2.45, 2.75) is 39.5 Å². The van der Waals surface area contributed by atoms with Crippen molar-refractivity contribution in [3.05, 3.63) is 59.2 Å². The molecule has 2 rings (SSSR count). The smallest absolute Gasteiger partial charge is 0.310 e. The SMILES string of the molecule is COc1ccc(C(C)=O)cc1CC(=O)OCC(=O)Nc1ccc(C(C)(C)C)cc1. The molecule has 0 aliphatic heterocycles. The third-order valence-electron chi connectivity index (χ3n) is 4.42. The summed E-state index contributed by atoms with van der Waals surface area (Å²) in [5.41, 5.74) is 2.82. The summed E-state index contributed by atoms with van der Waals surface area (Å²) in [4.78, 5) is 35.7. The maximum absolute atomic E-state index is 12.1. The van der Waals surface area contributed by atoms with Crippen molar-refractivity contribution in [3.8, 4) is 5.75 Å². The first-order valence-electron chi connectivity index (χ1n) is 9.34. The van der Waals surface area contributed by atoms with Crippen LogP contribution in [0.3, 0.4) is 0 Å². The molecule has 154 valence electrons. The fraction of sp³-hybridized carbons (Fsp3) is 0.348. The molecule has 1 amide bonds. The summed E-state index contributed by atoms with van der Waals surface area (Å²) in [6.07, 6.45) is -0.0994. The second kappa shape index (κ2) is 9.37. The summed E-state index contributed by atoms with van der Waals surface area (Å²) >= 11 is 0. The molecule has 2 aromatic carbocycles. The first kappa shape index (κ1) is 22.1.